The standard InChI is InChI=1S/C16H13ClF3N5O2/c1-15(16(19,20)7-27-14(21)25-15)12-9(18)4-5-10(23-12)24-13(26)11-8(17)3-2-6-22-11/h2-6H,7H2,1H3,(H2,21,25)(H,23,24,26). The van der Waals surface area contributed by atoms with Crippen LogP contribution in [0.1, 0.15) is 23.1 Å². The van der Waals surface area contributed by atoms with Gasteiger partial charge in [0.05, 0.1) is 5.02 Å². The normalized spacial score (nSPS) is 21.1. The number of pyridine rings is 2. The first-order chi connectivity index (χ1) is 12.6. The number of hydrogen-bond acceptors (Lipinski definition) is 6. The molecule has 3 heterocycles. The van der Waals surface area contributed by atoms with Crippen molar-refractivity contribution in [3.63, 3.8) is 0 Å². The molecule has 1 amide bonds. The number of nitrogens with two attached hydrogens (primary N) is 1. The molecule has 1 aliphatic rings. The summed E-state index contributed by atoms with van der Waals surface area (Å²) in [6.45, 7) is -0.102. The molecule has 0 aromatic carbocycles. The van der Waals surface area contributed by atoms with Gasteiger partial charge in [0.1, 0.15) is 23.0 Å². The highest BCUT2D eigenvalue weighted by Crippen LogP contribution is 2.43. The van der Waals surface area contributed by atoms with Gasteiger partial charge in [-0.25, -0.2) is 19.4 Å². The Morgan fingerprint density at radius 3 is 2.81 bits per heavy atom. The Balaban J connectivity index is 1.99. The lowest BCUT2D eigenvalue weighted by molar-refractivity contribution is -0.118. The van der Waals surface area contributed by atoms with Gasteiger partial charge >= 0.3 is 5.92 Å². The third-order valence-corrected chi connectivity index (χ3v) is 4.27. The maximum atomic E-state index is 14.4. The molecule has 0 bridgehead atoms. The summed E-state index contributed by atoms with van der Waals surface area (Å²) in [7, 11) is 0. The van der Waals surface area contributed by atoms with Crippen LogP contribution in [0.25, 0.3) is 0 Å². The van der Waals surface area contributed by atoms with Crippen LogP contribution in [0, 0.1) is 5.82 Å². The highest BCUT2D eigenvalue weighted by Gasteiger charge is 2.57. The van der Waals surface area contributed by atoms with Crippen molar-refractivity contribution in [2.75, 3.05) is 11.9 Å². The Kier molecular flexibility index (Phi) is 4.68. The number of anilines is 1. The second-order valence-corrected chi connectivity index (χ2v) is 6.24. The van der Waals surface area contributed by atoms with Gasteiger partial charge in [-0.2, -0.15) is 8.78 Å². The Hall–Kier alpha value is -2.88. The maximum Gasteiger partial charge on any atom is 0.311 e. The van der Waals surface area contributed by atoms with Crippen molar-refractivity contribution in [1.29, 1.82) is 0 Å². The zero-order valence-electron chi connectivity index (χ0n) is 13.8. The van der Waals surface area contributed by atoms with E-state index in [4.69, 9.17) is 17.3 Å². The molecule has 0 saturated heterocycles. The second kappa shape index (κ2) is 6.69. The molecule has 1 atom stereocenters. The van der Waals surface area contributed by atoms with Gasteiger partial charge in [0.2, 0.25) is 0 Å². The minimum Gasteiger partial charge on any atom is -0.459 e. The average molecular weight is 400 g/mol. The highest BCUT2D eigenvalue weighted by molar-refractivity contribution is 6.34. The van der Waals surface area contributed by atoms with Gasteiger partial charge in [0, 0.05) is 6.20 Å². The summed E-state index contributed by atoms with van der Waals surface area (Å²) >= 11 is 5.89. The number of hydrogen-bond donors (Lipinski definition) is 2. The lowest BCUT2D eigenvalue weighted by Crippen LogP contribution is -2.51. The van der Waals surface area contributed by atoms with E-state index in [2.05, 4.69) is 25.0 Å². The first kappa shape index (κ1) is 18.9. The number of amides is 1. The van der Waals surface area contributed by atoms with E-state index >= 15 is 0 Å². The Labute approximate surface area is 156 Å². The lowest BCUT2D eigenvalue weighted by Gasteiger charge is -2.36. The van der Waals surface area contributed by atoms with Gasteiger partial charge in [-0.15, -0.1) is 0 Å². The van der Waals surface area contributed by atoms with E-state index in [0.29, 0.717) is 0 Å². The first-order valence-corrected chi connectivity index (χ1v) is 7.97. The van der Waals surface area contributed by atoms with Crippen molar-refractivity contribution >= 4 is 29.3 Å². The fraction of sp³-hybridized carbons (Fsp3) is 0.250. The van der Waals surface area contributed by atoms with Crippen molar-refractivity contribution in [3.8, 4) is 0 Å². The second-order valence-electron chi connectivity index (χ2n) is 5.83. The number of rotatable bonds is 3. The van der Waals surface area contributed by atoms with E-state index in [1.165, 1.54) is 18.3 Å². The Morgan fingerprint density at radius 1 is 1.37 bits per heavy atom. The molecule has 0 fully saturated rings. The molecule has 11 heteroatoms. The van der Waals surface area contributed by atoms with Crippen LogP contribution in [0.5, 0.6) is 0 Å². The van der Waals surface area contributed by atoms with Crippen LogP contribution in [-0.2, 0) is 10.3 Å². The molecule has 7 nitrogen and oxygen atoms in total. The molecule has 0 saturated carbocycles. The number of aliphatic imine (C=N–C) groups is 1. The van der Waals surface area contributed by atoms with Crippen molar-refractivity contribution in [3.05, 3.63) is 52.7 Å². The predicted octanol–water partition coefficient (Wildman–Crippen LogP) is 2.72. The van der Waals surface area contributed by atoms with Gasteiger partial charge in [-0.1, -0.05) is 11.6 Å². The van der Waals surface area contributed by atoms with E-state index in [1.807, 2.05) is 0 Å². The summed E-state index contributed by atoms with van der Waals surface area (Å²) in [5.74, 6) is -5.55. The molecular weight excluding hydrogens is 387 g/mol. The first-order valence-electron chi connectivity index (χ1n) is 7.59. The molecule has 2 aromatic rings. The fourth-order valence-electron chi connectivity index (χ4n) is 2.45. The van der Waals surface area contributed by atoms with Gasteiger partial charge in [-0.3, -0.25) is 4.79 Å². The van der Waals surface area contributed by atoms with Crippen molar-refractivity contribution in [1.82, 2.24) is 9.97 Å². The third kappa shape index (κ3) is 3.39. The highest BCUT2D eigenvalue weighted by atomic mass is 35.5. The van der Waals surface area contributed by atoms with E-state index in [-0.39, 0.29) is 16.5 Å². The molecule has 3 rings (SSSR count). The van der Waals surface area contributed by atoms with Crippen LogP contribution in [0.4, 0.5) is 19.0 Å². The van der Waals surface area contributed by atoms with Crippen LogP contribution >= 0.6 is 11.6 Å². The number of nitrogens with one attached hydrogen (secondary N) is 1. The predicted molar refractivity (Wildman–Crippen MR) is 91.3 cm³/mol. The molecule has 1 unspecified atom stereocenters. The number of alkyl halides is 2. The van der Waals surface area contributed by atoms with E-state index in [1.54, 1.807) is 0 Å². The van der Waals surface area contributed by atoms with E-state index in [9.17, 15) is 18.0 Å². The molecular formula is C16H13ClF3N5O2. The fourth-order valence-corrected chi connectivity index (χ4v) is 2.65. The van der Waals surface area contributed by atoms with Gasteiger partial charge < -0.3 is 15.8 Å². The molecule has 0 spiro atoms. The minimum absolute atomic E-state index is 0.0811. The molecule has 142 valence electrons. The Bertz CT molecular complexity index is 940. The van der Waals surface area contributed by atoms with E-state index < -0.39 is 41.5 Å². The number of nitrogens with zero attached hydrogens (tertiary/aromatic N) is 3. The van der Waals surface area contributed by atoms with Crippen molar-refractivity contribution in [2.45, 2.75) is 18.4 Å². The van der Waals surface area contributed by atoms with Crippen LogP contribution in [0.3, 0.4) is 0 Å². The van der Waals surface area contributed by atoms with Crippen LogP contribution < -0.4 is 11.1 Å². The number of amidine groups is 1. The molecule has 27 heavy (non-hydrogen) atoms. The molecule has 0 radical (unpaired) electrons. The van der Waals surface area contributed by atoms with Gasteiger partial charge in [0.25, 0.3) is 11.9 Å². The van der Waals surface area contributed by atoms with Crippen LogP contribution in [0.2, 0.25) is 5.02 Å². The lowest BCUT2D eigenvalue weighted by atomic mass is 9.89. The summed E-state index contributed by atoms with van der Waals surface area (Å²) in [6, 6.07) is 4.47. The van der Waals surface area contributed by atoms with Crippen molar-refractivity contribution < 1.29 is 22.7 Å². The zero-order valence-corrected chi connectivity index (χ0v) is 14.6. The van der Waals surface area contributed by atoms with Gasteiger partial charge in [0.15, 0.2) is 12.1 Å². The third-order valence-electron chi connectivity index (χ3n) is 3.97. The average Bonchev–Trinajstić information content (AvgIpc) is 2.60. The molecule has 3 N–H and O–H groups in total. The number of carbonyl (C=O) groups is 1. The number of aromatic nitrogens is 2. The molecule has 0 aliphatic carbocycles. The summed E-state index contributed by atoms with van der Waals surface area (Å²) in [5, 5.41) is 2.42. The molecule has 2 aromatic heterocycles. The summed E-state index contributed by atoms with van der Waals surface area (Å²) in [4.78, 5) is 23.5. The Morgan fingerprint density at radius 2 is 2.11 bits per heavy atom. The zero-order chi connectivity index (χ0) is 19.8. The van der Waals surface area contributed by atoms with E-state index in [0.717, 1.165) is 19.1 Å². The smallest absolute Gasteiger partial charge is 0.311 e. The number of carbonyl (C=O) groups excluding carboxylic acids is 1. The summed E-state index contributed by atoms with van der Waals surface area (Å²) in [5.41, 5.74) is 2.18. The summed E-state index contributed by atoms with van der Waals surface area (Å²) < 4.78 is 47.6. The van der Waals surface area contributed by atoms with Crippen LogP contribution in [0.15, 0.2) is 35.5 Å². The van der Waals surface area contributed by atoms with Gasteiger partial charge in [-0.05, 0) is 31.2 Å². The maximum absolute atomic E-state index is 14.4. The number of ether oxygens (including phenoxy) is 1. The quantitative estimate of drug-likeness (QED) is 0.826. The monoisotopic (exact) mass is 399 g/mol. The molecule has 1 aliphatic heterocycles. The van der Waals surface area contributed by atoms with Crippen molar-refractivity contribution in [2.24, 2.45) is 10.7 Å². The van der Waals surface area contributed by atoms with Crippen LogP contribution in [-0.4, -0.2) is 34.4 Å². The SMILES string of the molecule is CC1(c2nc(NC(=O)c3ncccc3Cl)ccc2F)N=C(N)OCC1(F)F. The largest absolute Gasteiger partial charge is 0.459 e. The summed E-state index contributed by atoms with van der Waals surface area (Å²) in [6.07, 6.45) is 1.35. The number of halogens is 4. The topological polar surface area (TPSA) is 102 Å². The minimum atomic E-state index is -3.59.